The summed E-state index contributed by atoms with van der Waals surface area (Å²) in [7, 11) is -2.91. The van der Waals surface area contributed by atoms with Gasteiger partial charge in [0.2, 0.25) is 7.37 Å². The zero-order valence-corrected chi connectivity index (χ0v) is 15.7. The van der Waals surface area contributed by atoms with Crippen molar-refractivity contribution in [1.29, 1.82) is 0 Å². The van der Waals surface area contributed by atoms with Crippen LogP contribution in [0.4, 0.5) is 0 Å². The van der Waals surface area contributed by atoms with E-state index in [9.17, 15) is 14.3 Å². The summed E-state index contributed by atoms with van der Waals surface area (Å²) in [5, 5.41) is 0. The molecule has 0 rings (SSSR count). The van der Waals surface area contributed by atoms with E-state index in [0.29, 0.717) is 18.9 Å². The fraction of sp³-hybridized carbons (Fsp3) is 0.833. The molecule has 0 aliphatic carbocycles. The zero-order chi connectivity index (χ0) is 17.4. The van der Waals surface area contributed by atoms with Crippen molar-refractivity contribution in [3.8, 4) is 0 Å². The van der Waals surface area contributed by atoms with Crippen molar-refractivity contribution >= 4 is 13.3 Å². The first-order valence-electron chi connectivity index (χ1n) is 9.12. The van der Waals surface area contributed by atoms with Gasteiger partial charge in [-0.3, -0.25) is 4.57 Å². The van der Waals surface area contributed by atoms with Gasteiger partial charge in [0.1, 0.15) is 0 Å². The summed E-state index contributed by atoms with van der Waals surface area (Å²) in [4.78, 5) is 20.8. The summed E-state index contributed by atoms with van der Waals surface area (Å²) in [6, 6.07) is 0. The minimum Gasteiger partial charge on any atom is -0.463 e. The minimum absolute atomic E-state index is 0.374. The number of hydrogen-bond donors (Lipinski definition) is 1. The second kappa shape index (κ2) is 15.0. The molecule has 1 unspecified atom stereocenters. The van der Waals surface area contributed by atoms with E-state index in [1.54, 1.807) is 0 Å². The fourth-order valence-electron chi connectivity index (χ4n) is 2.47. The van der Waals surface area contributed by atoms with E-state index in [2.05, 4.69) is 13.5 Å². The van der Waals surface area contributed by atoms with Crippen LogP contribution < -0.4 is 0 Å². The Labute approximate surface area is 142 Å². The third-order valence-corrected chi connectivity index (χ3v) is 5.95. The molecule has 5 heteroatoms. The Morgan fingerprint density at radius 1 is 0.957 bits per heavy atom. The third-order valence-electron chi connectivity index (χ3n) is 3.92. The topological polar surface area (TPSA) is 63.6 Å². The van der Waals surface area contributed by atoms with Gasteiger partial charge in [-0.15, -0.1) is 0 Å². The lowest BCUT2D eigenvalue weighted by Crippen LogP contribution is -2.01. The van der Waals surface area contributed by atoms with Gasteiger partial charge in [-0.25, -0.2) is 4.79 Å². The molecular weight excluding hydrogens is 311 g/mol. The first-order valence-corrected chi connectivity index (χ1v) is 11.1. The van der Waals surface area contributed by atoms with E-state index in [1.165, 1.54) is 31.8 Å². The van der Waals surface area contributed by atoms with E-state index < -0.39 is 7.37 Å². The summed E-state index contributed by atoms with van der Waals surface area (Å²) in [5.41, 5.74) is 0. The number of carbonyl (C=O) groups excluding carboxylic acids is 1. The molecule has 1 N–H and O–H groups in total. The van der Waals surface area contributed by atoms with Gasteiger partial charge in [-0.05, 0) is 19.3 Å². The highest BCUT2D eigenvalue weighted by Gasteiger charge is 2.16. The second-order valence-electron chi connectivity index (χ2n) is 6.20. The maximum atomic E-state index is 12.0. The van der Waals surface area contributed by atoms with Crippen LogP contribution in [0.3, 0.4) is 0 Å². The van der Waals surface area contributed by atoms with E-state index in [0.717, 1.165) is 44.9 Å². The largest absolute Gasteiger partial charge is 0.463 e. The number of esters is 1. The van der Waals surface area contributed by atoms with Crippen molar-refractivity contribution in [3.05, 3.63) is 12.7 Å². The van der Waals surface area contributed by atoms with E-state index in [1.807, 2.05) is 0 Å². The first-order chi connectivity index (χ1) is 11.0. The normalized spacial score (nSPS) is 13.5. The van der Waals surface area contributed by atoms with Crippen LogP contribution in [-0.2, 0) is 14.1 Å². The van der Waals surface area contributed by atoms with Gasteiger partial charge in [0.05, 0.1) is 6.61 Å². The number of hydrogen-bond acceptors (Lipinski definition) is 3. The lowest BCUT2D eigenvalue weighted by molar-refractivity contribution is -0.137. The minimum atomic E-state index is -2.91. The summed E-state index contributed by atoms with van der Waals surface area (Å²) >= 11 is 0. The Balaban J connectivity index is 3.42. The summed E-state index contributed by atoms with van der Waals surface area (Å²) in [6.07, 6.45) is 13.6. The molecule has 0 bridgehead atoms. The highest BCUT2D eigenvalue weighted by Crippen LogP contribution is 2.42. The molecule has 0 heterocycles. The molecule has 0 spiro atoms. The highest BCUT2D eigenvalue weighted by molar-refractivity contribution is 7.57. The van der Waals surface area contributed by atoms with Crippen LogP contribution in [0.2, 0.25) is 0 Å². The summed E-state index contributed by atoms with van der Waals surface area (Å²) in [5.74, 6) is -0.374. The Kier molecular flexibility index (Phi) is 14.6. The monoisotopic (exact) mass is 346 g/mol. The Morgan fingerprint density at radius 2 is 1.43 bits per heavy atom. The molecule has 0 aliphatic rings. The average Bonchev–Trinajstić information content (AvgIpc) is 2.52. The SMILES string of the molecule is C=CC(=O)OCCCCCCCP(=O)(O)CCCCCCCC. The van der Waals surface area contributed by atoms with Gasteiger partial charge in [-0.1, -0.05) is 64.9 Å². The standard InChI is InChI=1S/C18H35O4P/c1-3-5-6-7-10-13-16-23(20,21)17-14-11-8-9-12-15-22-18(19)4-2/h4H,2-3,5-17H2,1H3,(H,20,21). The average molecular weight is 346 g/mol. The van der Waals surface area contributed by atoms with Crippen LogP contribution in [0.1, 0.15) is 77.6 Å². The maximum absolute atomic E-state index is 12.0. The number of carbonyl (C=O) groups is 1. The predicted molar refractivity (Wildman–Crippen MR) is 97.2 cm³/mol. The highest BCUT2D eigenvalue weighted by atomic mass is 31.2. The number of ether oxygens (including phenoxy) is 1. The maximum Gasteiger partial charge on any atom is 0.330 e. The molecule has 1 atom stereocenters. The van der Waals surface area contributed by atoms with Crippen LogP contribution in [0.25, 0.3) is 0 Å². The molecule has 0 radical (unpaired) electrons. The van der Waals surface area contributed by atoms with E-state index in [4.69, 9.17) is 4.74 Å². The number of rotatable bonds is 16. The van der Waals surface area contributed by atoms with Gasteiger partial charge in [0.25, 0.3) is 0 Å². The molecule has 0 aliphatic heterocycles. The predicted octanol–water partition coefficient (Wildman–Crippen LogP) is 5.30. The van der Waals surface area contributed by atoms with Gasteiger partial charge in [-0.2, -0.15) is 0 Å². The van der Waals surface area contributed by atoms with Crippen molar-refractivity contribution in [3.63, 3.8) is 0 Å². The van der Waals surface area contributed by atoms with Crippen molar-refractivity contribution in [2.75, 3.05) is 18.9 Å². The van der Waals surface area contributed by atoms with Gasteiger partial charge in [0.15, 0.2) is 0 Å². The van der Waals surface area contributed by atoms with Crippen LogP contribution in [0.5, 0.6) is 0 Å². The molecule has 23 heavy (non-hydrogen) atoms. The van der Waals surface area contributed by atoms with Crippen LogP contribution in [0, 0.1) is 0 Å². The van der Waals surface area contributed by atoms with Gasteiger partial charge in [0, 0.05) is 18.4 Å². The molecular formula is C18H35O4P. The summed E-state index contributed by atoms with van der Waals surface area (Å²) < 4.78 is 16.9. The smallest absolute Gasteiger partial charge is 0.330 e. The Bertz CT molecular complexity index is 355. The molecule has 0 saturated carbocycles. The van der Waals surface area contributed by atoms with Crippen molar-refractivity contribution in [2.45, 2.75) is 77.6 Å². The molecule has 0 saturated heterocycles. The van der Waals surface area contributed by atoms with Crippen LogP contribution in [-0.4, -0.2) is 29.8 Å². The molecule has 4 nitrogen and oxygen atoms in total. The third kappa shape index (κ3) is 16.1. The number of unbranched alkanes of at least 4 members (excludes halogenated alkanes) is 9. The molecule has 0 amide bonds. The summed E-state index contributed by atoms with van der Waals surface area (Å²) in [6.45, 7) is 5.96. The molecule has 0 aromatic rings. The molecule has 0 aromatic carbocycles. The van der Waals surface area contributed by atoms with Crippen molar-refractivity contribution in [2.24, 2.45) is 0 Å². The van der Waals surface area contributed by atoms with Crippen LogP contribution >= 0.6 is 7.37 Å². The first kappa shape index (κ1) is 22.4. The quantitative estimate of drug-likeness (QED) is 0.178. The lowest BCUT2D eigenvalue weighted by Gasteiger charge is -2.11. The van der Waals surface area contributed by atoms with E-state index in [-0.39, 0.29) is 5.97 Å². The van der Waals surface area contributed by atoms with Crippen molar-refractivity contribution < 1.29 is 19.0 Å². The Hall–Kier alpha value is -0.600. The fourth-order valence-corrected chi connectivity index (χ4v) is 4.13. The molecule has 136 valence electrons. The van der Waals surface area contributed by atoms with Crippen molar-refractivity contribution in [1.82, 2.24) is 0 Å². The van der Waals surface area contributed by atoms with E-state index >= 15 is 0 Å². The zero-order valence-electron chi connectivity index (χ0n) is 14.8. The second-order valence-corrected chi connectivity index (χ2v) is 8.79. The van der Waals surface area contributed by atoms with Crippen LogP contribution in [0.15, 0.2) is 12.7 Å². The lowest BCUT2D eigenvalue weighted by atomic mass is 10.1. The molecule has 0 aromatic heterocycles. The Morgan fingerprint density at radius 3 is 1.96 bits per heavy atom. The van der Waals surface area contributed by atoms with Gasteiger partial charge >= 0.3 is 5.97 Å². The van der Waals surface area contributed by atoms with Gasteiger partial charge < -0.3 is 9.63 Å². The molecule has 0 fully saturated rings.